The van der Waals surface area contributed by atoms with Crippen molar-refractivity contribution in [1.82, 2.24) is 24.5 Å². The maximum atomic E-state index is 12.9. The summed E-state index contributed by atoms with van der Waals surface area (Å²) in [6.07, 6.45) is 3.29. The fourth-order valence-electron chi connectivity index (χ4n) is 4.27. The lowest BCUT2D eigenvalue weighted by molar-refractivity contribution is 0.0526. The molecule has 4 aromatic rings. The molecule has 0 saturated carbocycles. The second-order valence-electron chi connectivity index (χ2n) is 8.40. The van der Waals surface area contributed by atoms with Crippen molar-refractivity contribution in [2.75, 3.05) is 50.1 Å². The van der Waals surface area contributed by atoms with Gasteiger partial charge in [-0.3, -0.25) is 0 Å². The minimum atomic E-state index is -0.386. The van der Waals surface area contributed by atoms with E-state index in [4.69, 9.17) is 9.47 Å². The molecule has 11 nitrogen and oxygen atoms in total. The number of hydrogen-bond acceptors (Lipinski definition) is 8. The molecule has 37 heavy (non-hydrogen) atoms. The number of nitrogens with one attached hydrogen (secondary N) is 1. The Kier molecular flexibility index (Phi) is 6.84. The van der Waals surface area contributed by atoms with Crippen LogP contribution >= 0.6 is 0 Å². The Bertz CT molecular complexity index is 1390. The Morgan fingerprint density at radius 3 is 2.38 bits per heavy atom. The predicted octanol–water partition coefficient (Wildman–Crippen LogP) is 3.33. The summed E-state index contributed by atoms with van der Waals surface area (Å²) in [7, 11) is 1.64. The first-order valence-electron chi connectivity index (χ1n) is 12.0. The first-order chi connectivity index (χ1) is 18.1. The summed E-state index contributed by atoms with van der Waals surface area (Å²) in [5.41, 5.74) is 2.95. The number of rotatable bonds is 6. The van der Waals surface area contributed by atoms with Crippen molar-refractivity contribution in [2.45, 2.75) is 6.92 Å². The quantitative estimate of drug-likeness (QED) is 0.400. The highest BCUT2D eigenvalue weighted by atomic mass is 16.5. The fourth-order valence-corrected chi connectivity index (χ4v) is 4.27. The van der Waals surface area contributed by atoms with Gasteiger partial charge in [0.05, 0.1) is 19.3 Å². The van der Waals surface area contributed by atoms with Crippen molar-refractivity contribution in [1.29, 1.82) is 0 Å². The van der Waals surface area contributed by atoms with Crippen LogP contribution in [0, 0.1) is 0 Å². The van der Waals surface area contributed by atoms with E-state index >= 15 is 0 Å². The SMILES string of the molecule is CCOC(=O)c1ccc(NC(=O)N2CCN(c3c(-c4ccc(OC)cc4)cnc4ncnn34)CC2)cc1. The average Bonchev–Trinajstić information content (AvgIpc) is 3.42. The number of hydrogen-bond donors (Lipinski definition) is 1. The highest BCUT2D eigenvalue weighted by Crippen LogP contribution is 2.32. The molecular weight excluding hydrogens is 474 g/mol. The van der Waals surface area contributed by atoms with Crippen LogP contribution < -0.4 is 15.0 Å². The lowest BCUT2D eigenvalue weighted by Gasteiger charge is -2.36. The second kappa shape index (κ2) is 10.5. The van der Waals surface area contributed by atoms with Gasteiger partial charge in [-0.15, -0.1) is 0 Å². The van der Waals surface area contributed by atoms with Gasteiger partial charge in [-0.1, -0.05) is 12.1 Å². The summed E-state index contributed by atoms with van der Waals surface area (Å²) in [4.78, 5) is 37.4. The highest BCUT2D eigenvalue weighted by molar-refractivity contribution is 5.92. The predicted molar refractivity (Wildman–Crippen MR) is 138 cm³/mol. The number of nitrogens with zero attached hydrogens (tertiary/aromatic N) is 6. The summed E-state index contributed by atoms with van der Waals surface area (Å²) >= 11 is 0. The van der Waals surface area contributed by atoms with Crippen LogP contribution in [0.5, 0.6) is 5.75 Å². The van der Waals surface area contributed by atoms with Gasteiger partial charge in [-0.2, -0.15) is 14.6 Å². The number of benzene rings is 2. The molecular formula is C26H27N7O4. The van der Waals surface area contributed by atoms with Crippen LogP contribution in [-0.2, 0) is 4.74 Å². The molecule has 1 fully saturated rings. The zero-order valence-electron chi connectivity index (χ0n) is 20.6. The van der Waals surface area contributed by atoms with E-state index < -0.39 is 0 Å². The van der Waals surface area contributed by atoms with E-state index in [1.54, 1.807) is 53.9 Å². The Hall–Kier alpha value is -4.67. The number of aromatic nitrogens is 4. The molecule has 3 heterocycles. The van der Waals surface area contributed by atoms with Crippen molar-refractivity contribution >= 4 is 29.3 Å². The zero-order valence-corrected chi connectivity index (χ0v) is 20.6. The molecule has 190 valence electrons. The maximum Gasteiger partial charge on any atom is 0.338 e. The summed E-state index contributed by atoms with van der Waals surface area (Å²) in [5.74, 6) is 1.78. The van der Waals surface area contributed by atoms with Gasteiger partial charge in [0.1, 0.15) is 17.9 Å². The number of ether oxygens (including phenoxy) is 2. The summed E-state index contributed by atoms with van der Waals surface area (Å²) < 4.78 is 12.0. The molecule has 0 atom stereocenters. The number of fused-ring (bicyclic) bond motifs is 1. The number of carbonyl (C=O) groups is 2. The lowest BCUT2D eigenvalue weighted by Crippen LogP contribution is -2.50. The molecule has 0 aliphatic carbocycles. The lowest BCUT2D eigenvalue weighted by atomic mass is 10.1. The number of anilines is 2. The van der Waals surface area contributed by atoms with Crippen LogP contribution in [0.25, 0.3) is 16.9 Å². The molecule has 2 aromatic heterocycles. The maximum absolute atomic E-state index is 12.9. The first kappa shape index (κ1) is 24.0. The number of urea groups is 1. The van der Waals surface area contributed by atoms with Crippen LogP contribution in [0.4, 0.5) is 16.3 Å². The standard InChI is InChI=1S/C26H27N7O4/c1-3-37-24(34)19-4-8-20(9-5-19)30-26(35)32-14-12-31(13-15-32)23-22(16-27-25-28-17-29-33(23)25)18-6-10-21(36-2)11-7-18/h4-11,16-17H,3,12-15H2,1-2H3,(H,30,35). The number of methoxy groups -OCH3 is 1. The normalized spacial score (nSPS) is 13.5. The van der Waals surface area contributed by atoms with Gasteiger partial charge in [0, 0.05) is 43.6 Å². The Morgan fingerprint density at radius 2 is 1.70 bits per heavy atom. The molecule has 1 aliphatic heterocycles. The number of esters is 1. The van der Waals surface area contributed by atoms with E-state index in [1.807, 2.05) is 24.3 Å². The van der Waals surface area contributed by atoms with Crippen molar-refractivity contribution in [3.63, 3.8) is 0 Å². The summed E-state index contributed by atoms with van der Waals surface area (Å²) in [5, 5.41) is 7.31. The monoisotopic (exact) mass is 501 g/mol. The van der Waals surface area contributed by atoms with E-state index in [1.165, 1.54) is 6.33 Å². The average molecular weight is 502 g/mol. The molecule has 2 amide bonds. The molecule has 1 aliphatic rings. The molecule has 0 bridgehead atoms. The third kappa shape index (κ3) is 5.01. The first-order valence-corrected chi connectivity index (χ1v) is 12.0. The van der Waals surface area contributed by atoms with E-state index in [0.29, 0.717) is 49.8 Å². The van der Waals surface area contributed by atoms with Gasteiger partial charge in [0.25, 0.3) is 5.78 Å². The molecule has 2 aromatic carbocycles. The van der Waals surface area contributed by atoms with Crippen molar-refractivity contribution in [3.05, 3.63) is 66.6 Å². The Labute approximate surface area is 213 Å². The van der Waals surface area contributed by atoms with Crippen molar-refractivity contribution in [3.8, 4) is 16.9 Å². The number of piperazine rings is 1. The summed E-state index contributed by atoms with van der Waals surface area (Å²) in [6, 6.07) is 14.3. The number of carbonyl (C=O) groups excluding carboxylic acids is 2. The van der Waals surface area contributed by atoms with Crippen molar-refractivity contribution in [2.24, 2.45) is 0 Å². The van der Waals surface area contributed by atoms with Gasteiger partial charge in [0.15, 0.2) is 0 Å². The minimum Gasteiger partial charge on any atom is -0.497 e. The zero-order chi connectivity index (χ0) is 25.8. The smallest absolute Gasteiger partial charge is 0.338 e. The topological polar surface area (TPSA) is 114 Å². The molecule has 0 spiro atoms. The van der Waals surface area contributed by atoms with Crippen LogP contribution in [0.15, 0.2) is 61.1 Å². The van der Waals surface area contributed by atoms with E-state index in [0.717, 1.165) is 22.7 Å². The van der Waals surface area contributed by atoms with Gasteiger partial charge in [-0.05, 0) is 48.9 Å². The number of amides is 2. The molecule has 1 saturated heterocycles. The third-order valence-electron chi connectivity index (χ3n) is 6.20. The second-order valence-corrected chi connectivity index (χ2v) is 8.40. The molecule has 11 heteroatoms. The van der Waals surface area contributed by atoms with E-state index in [2.05, 4.69) is 25.3 Å². The van der Waals surface area contributed by atoms with Crippen LogP contribution in [0.1, 0.15) is 17.3 Å². The van der Waals surface area contributed by atoms with Crippen molar-refractivity contribution < 1.29 is 19.1 Å². The van der Waals surface area contributed by atoms with E-state index in [9.17, 15) is 9.59 Å². The molecule has 5 rings (SSSR count). The largest absolute Gasteiger partial charge is 0.497 e. The third-order valence-corrected chi connectivity index (χ3v) is 6.20. The van der Waals surface area contributed by atoms with Gasteiger partial charge >= 0.3 is 12.0 Å². The Balaban J connectivity index is 1.29. The van der Waals surface area contributed by atoms with Crippen LogP contribution in [0.2, 0.25) is 0 Å². The molecule has 0 radical (unpaired) electrons. The molecule has 0 unspecified atom stereocenters. The molecule has 1 N–H and O–H groups in total. The Morgan fingerprint density at radius 1 is 0.973 bits per heavy atom. The summed E-state index contributed by atoms with van der Waals surface area (Å²) in [6.45, 7) is 4.33. The fraction of sp³-hybridized carbons (Fsp3) is 0.269. The van der Waals surface area contributed by atoms with Gasteiger partial charge in [0.2, 0.25) is 0 Å². The van der Waals surface area contributed by atoms with Crippen LogP contribution in [0.3, 0.4) is 0 Å². The minimum absolute atomic E-state index is 0.195. The highest BCUT2D eigenvalue weighted by Gasteiger charge is 2.26. The van der Waals surface area contributed by atoms with E-state index in [-0.39, 0.29) is 12.0 Å². The van der Waals surface area contributed by atoms with Gasteiger partial charge in [-0.25, -0.2) is 14.6 Å². The van der Waals surface area contributed by atoms with Crippen LogP contribution in [-0.4, -0.2) is 76.4 Å². The van der Waals surface area contributed by atoms with Gasteiger partial charge < -0.3 is 24.6 Å².